The van der Waals surface area contributed by atoms with Crippen LogP contribution in [0.15, 0.2) is 28.8 Å². The quantitative estimate of drug-likeness (QED) is 0.897. The summed E-state index contributed by atoms with van der Waals surface area (Å²) in [6, 6.07) is 7.47. The molecule has 1 aromatic carbocycles. The fourth-order valence-corrected chi connectivity index (χ4v) is 1.46. The Hall–Kier alpha value is -1.88. The number of hydrogen-bond acceptors (Lipinski definition) is 5. The van der Waals surface area contributed by atoms with Crippen molar-refractivity contribution in [2.24, 2.45) is 5.73 Å². The van der Waals surface area contributed by atoms with Crippen molar-refractivity contribution in [2.75, 3.05) is 7.11 Å². The molecule has 5 nitrogen and oxygen atoms in total. The number of aromatic nitrogens is 2. The molecule has 0 radical (unpaired) electrons. The van der Waals surface area contributed by atoms with Gasteiger partial charge < -0.3 is 15.0 Å². The molecule has 1 atom stereocenters. The number of nitrogens with two attached hydrogens (primary N) is 1. The Balaban J connectivity index is 2.29. The van der Waals surface area contributed by atoms with Crippen molar-refractivity contribution in [1.29, 1.82) is 0 Å². The zero-order valence-electron chi connectivity index (χ0n) is 10.8. The summed E-state index contributed by atoms with van der Waals surface area (Å²) in [6.45, 7) is 3.86. The van der Waals surface area contributed by atoms with Crippen molar-refractivity contribution in [2.45, 2.75) is 25.8 Å². The lowest BCUT2D eigenvalue weighted by atomic mass is 10.0. The fraction of sp³-hybridized carbons (Fsp3) is 0.385. The van der Waals surface area contributed by atoms with Gasteiger partial charge in [0.15, 0.2) is 0 Å². The molecule has 0 aliphatic rings. The van der Waals surface area contributed by atoms with Crippen molar-refractivity contribution >= 4 is 0 Å². The molecular formula is C13H17N3O2. The van der Waals surface area contributed by atoms with Crippen LogP contribution in [0.2, 0.25) is 0 Å². The van der Waals surface area contributed by atoms with Crippen molar-refractivity contribution in [3.05, 3.63) is 30.2 Å². The van der Waals surface area contributed by atoms with Gasteiger partial charge >= 0.3 is 0 Å². The Labute approximate surface area is 106 Å². The van der Waals surface area contributed by atoms with Gasteiger partial charge in [-0.15, -0.1) is 0 Å². The monoisotopic (exact) mass is 247 g/mol. The highest BCUT2D eigenvalue weighted by atomic mass is 16.5. The summed E-state index contributed by atoms with van der Waals surface area (Å²) in [5, 5.41) is 3.95. The number of benzene rings is 1. The average Bonchev–Trinajstić information content (AvgIpc) is 2.89. The molecule has 0 bridgehead atoms. The summed E-state index contributed by atoms with van der Waals surface area (Å²) in [6.07, 6.45) is 0.733. The predicted molar refractivity (Wildman–Crippen MR) is 68.1 cm³/mol. The van der Waals surface area contributed by atoms with Crippen LogP contribution in [0.25, 0.3) is 11.4 Å². The largest absolute Gasteiger partial charge is 0.497 e. The van der Waals surface area contributed by atoms with E-state index in [1.165, 1.54) is 0 Å². The van der Waals surface area contributed by atoms with Crippen LogP contribution in [-0.4, -0.2) is 17.3 Å². The normalized spacial score (nSPS) is 14.2. The molecular weight excluding hydrogens is 230 g/mol. The van der Waals surface area contributed by atoms with E-state index in [0.29, 0.717) is 11.7 Å². The number of ether oxygens (including phenoxy) is 1. The molecule has 0 aliphatic carbocycles. The molecule has 1 heterocycles. The van der Waals surface area contributed by atoms with E-state index in [1.807, 2.05) is 38.1 Å². The molecule has 0 saturated heterocycles. The van der Waals surface area contributed by atoms with Crippen molar-refractivity contribution < 1.29 is 9.26 Å². The lowest BCUT2D eigenvalue weighted by molar-refractivity contribution is 0.291. The minimum atomic E-state index is -0.586. The van der Waals surface area contributed by atoms with Crippen LogP contribution < -0.4 is 10.5 Å². The van der Waals surface area contributed by atoms with Crippen LogP contribution in [0.5, 0.6) is 5.75 Å². The van der Waals surface area contributed by atoms with E-state index in [0.717, 1.165) is 17.7 Å². The molecule has 0 spiro atoms. The maximum atomic E-state index is 6.06. The van der Waals surface area contributed by atoms with Gasteiger partial charge in [0.05, 0.1) is 12.6 Å². The van der Waals surface area contributed by atoms with Crippen LogP contribution in [0.1, 0.15) is 26.2 Å². The molecule has 18 heavy (non-hydrogen) atoms. The van der Waals surface area contributed by atoms with Gasteiger partial charge in [0.25, 0.3) is 0 Å². The third-order valence-corrected chi connectivity index (χ3v) is 3.00. The van der Waals surface area contributed by atoms with Gasteiger partial charge in [0.1, 0.15) is 5.75 Å². The minimum Gasteiger partial charge on any atom is -0.497 e. The van der Waals surface area contributed by atoms with Crippen LogP contribution in [0.4, 0.5) is 0 Å². The summed E-state index contributed by atoms with van der Waals surface area (Å²) < 4.78 is 10.3. The molecule has 2 aromatic rings. The van der Waals surface area contributed by atoms with Crippen LogP contribution in [0.3, 0.4) is 0 Å². The Bertz CT molecular complexity index is 517. The van der Waals surface area contributed by atoms with E-state index in [1.54, 1.807) is 7.11 Å². The second-order valence-electron chi connectivity index (χ2n) is 4.42. The molecule has 5 heteroatoms. The first kappa shape index (κ1) is 12.6. The summed E-state index contributed by atoms with van der Waals surface area (Å²) in [4.78, 5) is 4.33. The van der Waals surface area contributed by atoms with E-state index in [-0.39, 0.29) is 0 Å². The number of rotatable bonds is 4. The molecule has 0 amide bonds. The minimum absolute atomic E-state index is 0.454. The van der Waals surface area contributed by atoms with Gasteiger partial charge in [-0.2, -0.15) is 4.98 Å². The Morgan fingerprint density at radius 1 is 1.33 bits per heavy atom. The zero-order chi connectivity index (χ0) is 13.2. The maximum Gasteiger partial charge on any atom is 0.246 e. The molecule has 96 valence electrons. The highest BCUT2D eigenvalue weighted by Crippen LogP contribution is 2.24. The van der Waals surface area contributed by atoms with E-state index in [2.05, 4.69) is 10.1 Å². The van der Waals surface area contributed by atoms with Crippen LogP contribution in [0, 0.1) is 0 Å². The maximum absolute atomic E-state index is 6.06. The second-order valence-corrected chi connectivity index (χ2v) is 4.42. The highest BCUT2D eigenvalue weighted by Gasteiger charge is 2.26. The highest BCUT2D eigenvalue weighted by molar-refractivity contribution is 5.55. The summed E-state index contributed by atoms with van der Waals surface area (Å²) in [5.41, 5.74) is 6.35. The van der Waals surface area contributed by atoms with E-state index >= 15 is 0 Å². The van der Waals surface area contributed by atoms with Gasteiger partial charge in [0, 0.05) is 5.56 Å². The third-order valence-electron chi connectivity index (χ3n) is 3.00. The Kier molecular flexibility index (Phi) is 3.34. The Morgan fingerprint density at radius 3 is 2.56 bits per heavy atom. The van der Waals surface area contributed by atoms with Gasteiger partial charge in [0.2, 0.25) is 11.7 Å². The number of nitrogens with zero attached hydrogens (tertiary/aromatic N) is 2. The van der Waals surface area contributed by atoms with Crippen molar-refractivity contribution in [1.82, 2.24) is 10.1 Å². The van der Waals surface area contributed by atoms with Gasteiger partial charge in [-0.25, -0.2) is 0 Å². The molecule has 1 unspecified atom stereocenters. The van der Waals surface area contributed by atoms with Crippen molar-refractivity contribution in [3.8, 4) is 17.1 Å². The smallest absolute Gasteiger partial charge is 0.246 e. The second kappa shape index (κ2) is 4.78. The summed E-state index contributed by atoms with van der Waals surface area (Å²) in [5.74, 6) is 1.79. The molecule has 1 aromatic heterocycles. The first-order chi connectivity index (χ1) is 8.56. The lowest BCUT2D eigenvalue weighted by Gasteiger charge is -2.16. The SMILES string of the molecule is CCC(C)(N)c1nc(-c2ccc(OC)cc2)no1. The molecule has 2 N–H and O–H groups in total. The van der Waals surface area contributed by atoms with Crippen molar-refractivity contribution in [3.63, 3.8) is 0 Å². The predicted octanol–water partition coefficient (Wildman–Crippen LogP) is 2.33. The number of methoxy groups -OCH3 is 1. The Morgan fingerprint density at radius 2 is 2.00 bits per heavy atom. The first-order valence-corrected chi connectivity index (χ1v) is 5.84. The van der Waals surface area contributed by atoms with Gasteiger partial charge in [-0.3, -0.25) is 0 Å². The van der Waals surface area contributed by atoms with E-state index < -0.39 is 5.54 Å². The van der Waals surface area contributed by atoms with Crippen LogP contribution in [-0.2, 0) is 5.54 Å². The first-order valence-electron chi connectivity index (χ1n) is 5.84. The molecule has 0 saturated carbocycles. The third kappa shape index (κ3) is 2.36. The van der Waals surface area contributed by atoms with Crippen LogP contribution >= 0.6 is 0 Å². The van der Waals surface area contributed by atoms with Gasteiger partial charge in [-0.05, 0) is 37.6 Å². The topological polar surface area (TPSA) is 74.2 Å². The average molecular weight is 247 g/mol. The molecule has 2 rings (SSSR count). The molecule has 0 aliphatic heterocycles. The molecule has 0 fully saturated rings. The summed E-state index contributed by atoms with van der Waals surface area (Å²) in [7, 11) is 1.63. The number of hydrogen-bond donors (Lipinski definition) is 1. The van der Waals surface area contributed by atoms with Gasteiger partial charge in [-0.1, -0.05) is 12.1 Å². The van der Waals surface area contributed by atoms with E-state index in [4.69, 9.17) is 15.0 Å². The zero-order valence-corrected chi connectivity index (χ0v) is 10.8. The standard InChI is InChI=1S/C13H17N3O2/c1-4-13(2,14)12-15-11(16-18-12)9-5-7-10(17-3)8-6-9/h5-8H,4,14H2,1-3H3. The summed E-state index contributed by atoms with van der Waals surface area (Å²) >= 11 is 0. The fourth-order valence-electron chi connectivity index (χ4n) is 1.46. The lowest BCUT2D eigenvalue weighted by Crippen LogP contribution is -2.32. The van der Waals surface area contributed by atoms with E-state index in [9.17, 15) is 0 Å².